The van der Waals surface area contributed by atoms with Crippen LogP contribution in [0.2, 0.25) is 0 Å². The lowest BCUT2D eigenvalue weighted by atomic mass is 10.1. The van der Waals surface area contributed by atoms with Crippen LogP contribution < -0.4 is 10.3 Å². The molecule has 1 heterocycles. The maximum Gasteiger partial charge on any atom is 0.359 e. The first kappa shape index (κ1) is 22.2. The van der Waals surface area contributed by atoms with Gasteiger partial charge in [-0.25, -0.2) is 9.48 Å². The van der Waals surface area contributed by atoms with Crippen molar-refractivity contribution in [3.05, 3.63) is 69.6 Å². The number of aromatic nitrogens is 2. The van der Waals surface area contributed by atoms with Crippen molar-refractivity contribution in [2.45, 2.75) is 46.8 Å². The molecule has 0 N–H and O–H groups in total. The molecule has 1 aromatic heterocycles. The molecule has 31 heavy (non-hydrogen) atoms. The van der Waals surface area contributed by atoms with Crippen molar-refractivity contribution < 1.29 is 19.1 Å². The van der Waals surface area contributed by atoms with Gasteiger partial charge in [-0.1, -0.05) is 31.5 Å². The molecule has 0 radical (unpaired) electrons. The summed E-state index contributed by atoms with van der Waals surface area (Å²) in [5.74, 6) is -0.186. The first-order valence-corrected chi connectivity index (χ1v) is 10.4. The second-order valence-corrected chi connectivity index (χ2v) is 7.16. The van der Waals surface area contributed by atoms with Crippen molar-refractivity contribution in [3.63, 3.8) is 0 Å². The van der Waals surface area contributed by atoms with E-state index in [0.29, 0.717) is 40.8 Å². The minimum Gasteiger partial charge on any atom is -0.493 e. The number of ketones is 1. The zero-order valence-corrected chi connectivity index (χ0v) is 18.0. The van der Waals surface area contributed by atoms with Crippen LogP contribution in [-0.2, 0) is 17.9 Å². The van der Waals surface area contributed by atoms with E-state index in [9.17, 15) is 14.4 Å². The molecule has 0 spiro atoms. The van der Waals surface area contributed by atoms with E-state index >= 15 is 0 Å². The standard InChI is InChI=1S/C24H26N2O5/c1-4-6-13-26-23(28)20-10-8-7-9-19(20)22(25-26)24(29)31-15-18-14-17(16(3)27)11-12-21(18)30-5-2/h7-12,14H,4-6,13,15H2,1-3H3. The van der Waals surface area contributed by atoms with E-state index < -0.39 is 5.97 Å². The smallest absolute Gasteiger partial charge is 0.359 e. The Labute approximate surface area is 180 Å². The van der Waals surface area contributed by atoms with Gasteiger partial charge >= 0.3 is 5.97 Å². The predicted molar refractivity (Wildman–Crippen MR) is 118 cm³/mol. The van der Waals surface area contributed by atoms with E-state index in [1.54, 1.807) is 42.5 Å². The van der Waals surface area contributed by atoms with E-state index in [1.165, 1.54) is 11.6 Å². The molecule has 0 atom stereocenters. The van der Waals surface area contributed by atoms with Gasteiger partial charge in [0.25, 0.3) is 5.56 Å². The minimum atomic E-state index is -0.642. The Kier molecular flexibility index (Phi) is 7.18. The first-order chi connectivity index (χ1) is 15.0. The third kappa shape index (κ3) is 4.99. The lowest BCUT2D eigenvalue weighted by Crippen LogP contribution is -2.26. The van der Waals surface area contributed by atoms with Crippen LogP contribution in [0.5, 0.6) is 5.75 Å². The van der Waals surface area contributed by atoms with E-state index in [1.807, 2.05) is 13.8 Å². The zero-order chi connectivity index (χ0) is 22.4. The average molecular weight is 422 g/mol. The Balaban J connectivity index is 1.94. The Bertz CT molecular complexity index is 1170. The summed E-state index contributed by atoms with van der Waals surface area (Å²) >= 11 is 0. The maximum absolute atomic E-state index is 12.9. The van der Waals surface area contributed by atoms with E-state index in [2.05, 4.69) is 5.10 Å². The van der Waals surface area contributed by atoms with Crippen LogP contribution in [-0.4, -0.2) is 28.1 Å². The number of ether oxygens (including phenoxy) is 2. The van der Waals surface area contributed by atoms with Gasteiger partial charge in [0.15, 0.2) is 11.5 Å². The second kappa shape index (κ2) is 10.0. The van der Waals surface area contributed by atoms with Crippen LogP contribution >= 0.6 is 0 Å². The van der Waals surface area contributed by atoms with Gasteiger partial charge in [-0.15, -0.1) is 0 Å². The highest BCUT2D eigenvalue weighted by Gasteiger charge is 2.19. The SMILES string of the molecule is CCCCn1nc(C(=O)OCc2cc(C(C)=O)ccc2OCC)c2ccccc2c1=O. The molecule has 0 aliphatic carbocycles. The summed E-state index contributed by atoms with van der Waals surface area (Å²) in [6.07, 6.45) is 1.67. The van der Waals surface area contributed by atoms with E-state index in [4.69, 9.17) is 9.47 Å². The summed E-state index contributed by atoms with van der Waals surface area (Å²) in [4.78, 5) is 37.4. The quantitative estimate of drug-likeness (QED) is 0.380. The number of Topliss-reactive ketones (excluding diaryl/α,β-unsaturated/α-hetero) is 1. The zero-order valence-electron chi connectivity index (χ0n) is 18.0. The molecule has 0 fully saturated rings. The van der Waals surface area contributed by atoms with Gasteiger partial charge in [0.05, 0.1) is 12.0 Å². The number of fused-ring (bicyclic) bond motifs is 1. The molecule has 0 aliphatic rings. The number of aryl methyl sites for hydroxylation is 1. The Morgan fingerprint density at radius 2 is 1.81 bits per heavy atom. The molecule has 0 saturated heterocycles. The summed E-state index contributed by atoms with van der Waals surface area (Å²) < 4.78 is 12.5. The van der Waals surface area contributed by atoms with Crippen molar-refractivity contribution in [2.75, 3.05) is 6.61 Å². The van der Waals surface area contributed by atoms with Crippen LogP contribution in [0.3, 0.4) is 0 Å². The lowest BCUT2D eigenvalue weighted by molar-refractivity contribution is 0.0462. The molecule has 3 aromatic rings. The number of esters is 1. The van der Waals surface area contributed by atoms with Gasteiger partial charge in [0, 0.05) is 23.1 Å². The van der Waals surface area contributed by atoms with E-state index in [-0.39, 0.29) is 23.6 Å². The third-order valence-corrected chi connectivity index (χ3v) is 4.91. The number of hydrogen-bond acceptors (Lipinski definition) is 6. The Morgan fingerprint density at radius 3 is 2.48 bits per heavy atom. The van der Waals surface area contributed by atoms with Crippen LogP contribution in [0.25, 0.3) is 10.8 Å². The molecule has 7 nitrogen and oxygen atoms in total. The van der Waals surface area contributed by atoms with Gasteiger partial charge < -0.3 is 9.47 Å². The summed E-state index contributed by atoms with van der Waals surface area (Å²) in [6.45, 7) is 6.13. The summed E-state index contributed by atoms with van der Waals surface area (Å²) in [7, 11) is 0. The molecule has 3 rings (SSSR count). The molecule has 0 saturated carbocycles. The van der Waals surface area contributed by atoms with E-state index in [0.717, 1.165) is 12.8 Å². The molecule has 0 bridgehead atoms. The highest BCUT2D eigenvalue weighted by atomic mass is 16.5. The first-order valence-electron chi connectivity index (χ1n) is 10.4. The number of hydrogen-bond donors (Lipinski definition) is 0. The summed E-state index contributed by atoms with van der Waals surface area (Å²) in [5, 5.41) is 5.18. The fraction of sp³-hybridized carbons (Fsp3) is 0.333. The lowest BCUT2D eigenvalue weighted by Gasteiger charge is -2.13. The summed E-state index contributed by atoms with van der Waals surface area (Å²) in [5.41, 5.74) is 0.957. The largest absolute Gasteiger partial charge is 0.493 e. The monoisotopic (exact) mass is 422 g/mol. The molecule has 7 heteroatoms. The maximum atomic E-state index is 12.9. The molecule has 0 aliphatic heterocycles. The number of benzene rings is 2. The normalized spacial score (nSPS) is 10.8. The van der Waals surface area contributed by atoms with Crippen LogP contribution in [0, 0.1) is 0 Å². The van der Waals surface area contributed by atoms with Crippen molar-refractivity contribution in [3.8, 4) is 5.75 Å². The fourth-order valence-corrected chi connectivity index (χ4v) is 3.26. The summed E-state index contributed by atoms with van der Waals surface area (Å²) in [6, 6.07) is 11.9. The number of nitrogens with zero attached hydrogens (tertiary/aromatic N) is 2. The van der Waals surface area contributed by atoms with Crippen molar-refractivity contribution >= 4 is 22.5 Å². The van der Waals surface area contributed by atoms with Gasteiger partial charge in [0.2, 0.25) is 0 Å². The van der Waals surface area contributed by atoms with Gasteiger partial charge in [-0.05, 0) is 44.5 Å². The topological polar surface area (TPSA) is 87.5 Å². The Morgan fingerprint density at radius 1 is 1.06 bits per heavy atom. The van der Waals surface area contributed by atoms with Crippen molar-refractivity contribution in [1.29, 1.82) is 0 Å². The van der Waals surface area contributed by atoms with Gasteiger partial charge in [0.1, 0.15) is 12.4 Å². The molecule has 2 aromatic carbocycles. The van der Waals surface area contributed by atoms with Crippen molar-refractivity contribution in [2.24, 2.45) is 0 Å². The van der Waals surface area contributed by atoms with Crippen LogP contribution in [0.15, 0.2) is 47.3 Å². The average Bonchev–Trinajstić information content (AvgIpc) is 2.78. The molecule has 0 unspecified atom stereocenters. The third-order valence-electron chi connectivity index (χ3n) is 4.91. The van der Waals surface area contributed by atoms with Crippen LogP contribution in [0.4, 0.5) is 0 Å². The Hall–Kier alpha value is -3.48. The number of carbonyl (C=O) groups is 2. The molecule has 0 amide bonds. The highest BCUT2D eigenvalue weighted by molar-refractivity contribution is 6.02. The molecular weight excluding hydrogens is 396 g/mol. The molecular formula is C24H26N2O5. The second-order valence-electron chi connectivity index (χ2n) is 7.16. The predicted octanol–water partition coefficient (Wildman–Crippen LogP) is 4.15. The van der Waals surface area contributed by atoms with Crippen molar-refractivity contribution in [1.82, 2.24) is 9.78 Å². The van der Waals surface area contributed by atoms with Crippen LogP contribution in [0.1, 0.15) is 60.0 Å². The number of unbranched alkanes of at least 4 members (excludes halogenated alkanes) is 1. The fourth-order valence-electron chi connectivity index (χ4n) is 3.26. The van der Waals surface area contributed by atoms with Gasteiger partial charge in [-0.2, -0.15) is 5.10 Å². The minimum absolute atomic E-state index is 0.0839. The number of rotatable bonds is 9. The number of carbonyl (C=O) groups excluding carboxylic acids is 2. The van der Waals surface area contributed by atoms with Gasteiger partial charge in [-0.3, -0.25) is 9.59 Å². The highest BCUT2D eigenvalue weighted by Crippen LogP contribution is 2.23. The molecule has 162 valence electrons.